The van der Waals surface area contributed by atoms with Gasteiger partial charge in [-0.2, -0.15) is 0 Å². The number of piperidine rings is 1. The molecule has 1 saturated heterocycles. The fraction of sp³-hybridized carbons (Fsp3) is 0.381. The number of nitrogens with one attached hydrogen (secondary N) is 3. The van der Waals surface area contributed by atoms with Crippen molar-refractivity contribution < 1.29 is 9.59 Å². The van der Waals surface area contributed by atoms with Crippen LogP contribution in [0.4, 0.5) is 5.82 Å². The Morgan fingerprint density at radius 1 is 1.24 bits per heavy atom. The molecule has 154 valence electrons. The van der Waals surface area contributed by atoms with E-state index in [0.717, 1.165) is 36.9 Å². The predicted octanol–water partition coefficient (Wildman–Crippen LogP) is 1.80. The number of nitrogens with two attached hydrogens (primary N) is 1. The first-order valence-electron chi connectivity index (χ1n) is 9.78. The molecule has 0 spiro atoms. The topological polar surface area (TPSA) is 109 Å². The predicted molar refractivity (Wildman–Crippen MR) is 113 cm³/mol. The minimum atomic E-state index is -0.729. The quantitative estimate of drug-likeness (QED) is 0.551. The summed E-state index contributed by atoms with van der Waals surface area (Å²) in [5, 5.41) is 9.55. The SMILES string of the molecule is Nc1ccc(CNC(=O)[C@H](Cc2ccccc2Cl)NC(=O)[C@H]2CCCCN2)cn1. The van der Waals surface area contributed by atoms with Crippen LogP contribution in [0.15, 0.2) is 42.6 Å². The van der Waals surface area contributed by atoms with Crippen molar-refractivity contribution in [2.75, 3.05) is 12.3 Å². The number of carbonyl (C=O) groups is 2. The summed E-state index contributed by atoms with van der Waals surface area (Å²) >= 11 is 6.27. The summed E-state index contributed by atoms with van der Waals surface area (Å²) in [5.41, 5.74) is 7.22. The molecule has 2 heterocycles. The molecule has 8 heteroatoms. The van der Waals surface area contributed by atoms with E-state index in [1.165, 1.54) is 0 Å². The summed E-state index contributed by atoms with van der Waals surface area (Å²) < 4.78 is 0. The van der Waals surface area contributed by atoms with Gasteiger partial charge in [0.15, 0.2) is 0 Å². The minimum Gasteiger partial charge on any atom is -0.384 e. The number of aromatic nitrogens is 1. The Bertz CT molecular complexity index is 837. The summed E-state index contributed by atoms with van der Waals surface area (Å²) in [4.78, 5) is 29.6. The molecule has 0 aliphatic carbocycles. The van der Waals surface area contributed by atoms with Gasteiger partial charge in [0.2, 0.25) is 11.8 Å². The molecule has 1 aromatic carbocycles. The van der Waals surface area contributed by atoms with Crippen molar-refractivity contribution >= 4 is 29.2 Å². The van der Waals surface area contributed by atoms with Gasteiger partial charge in [-0.05, 0) is 42.6 Å². The number of benzene rings is 1. The number of amides is 2. The Morgan fingerprint density at radius 2 is 2.07 bits per heavy atom. The highest BCUT2D eigenvalue weighted by molar-refractivity contribution is 6.31. The molecule has 0 bridgehead atoms. The van der Waals surface area contributed by atoms with Crippen LogP contribution in [0.2, 0.25) is 5.02 Å². The molecule has 3 rings (SSSR count). The monoisotopic (exact) mass is 415 g/mol. The average Bonchev–Trinajstić information content (AvgIpc) is 2.74. The van der Waals surface area contributed by atoms with Gasteiger partial charge >= 0.3 is 0 Å². The van der Waals surface area contributed by atoms with E-state index in [-0.39, 0.29) is 17.9 Å². The zero-order valence-corrected chi connectivity index (χ0v) is 16.9. The first-order valence-corrected chi connectivity index (χ1v) is 10.2. The van der Waals surface area contributed by atoms with E-state index in [1.807, 2.05) is 18.2 Å². The lowest BCUT2D eigenvalue weighted by atomic mass is 10.0. The lowest BCUT2D eigenvalue weighted by Gasteiger charge is -2.26. The van der Waals surface area contributed by atoms with E-state index in [2.05, 4.69) is 20.9 Å². The van der Waals surface area contributed by atoms with Crippen LogP contribution in [0.1, 0.15) is 30.4 Å². The Balaban J connectivity index is 1.68. The maximum atomic E-state index is 12.9. The summed E-state index contributed by atoms with van der Waals surface area (Å²) in [6.45, 7) is 1.10. The molecule has 2 atom stereocenters. The van der Waals surface area contributed by atoms with E-state index in [0.29, 0.717) is 23.8 Å². The van der Waals surface area contributed by atoms with E-state index < -0.39 is 6.04 Å². The number of carbonyl (C=O) groups excluding carboxylic acids is 2. The third-order valence-corrected chi connectivity index (χ3v) is 5.32. The van der Waals surface area contributed by atoms with Gasteiger partial charge in [-0.1, -0.05) is 42.3 Å². The van der Waals surface area contributed by atoms with E-state index in [4.69, 9.17) is 17.3 Å². The Labute approximate surface area is 175 Å². The lowest BCUT2D eigenvalue weighted by Crippen LogP contribution is -2.54. The van der Waals surface area contributed by atoms with Crippen molar-refractivity contribution in [1.29, 1.82) is 0 Å². The number of rotatable bonds is 7. The Hall–Kier alpha value is -2.64. The van der Waals surface area contributed by atoms with E-state index >= 15 is 0 Å². The fourth-order valence-corrected chi connectivity index (χ4v) is 3.51. The molecule has 1 aliphatic rings. The zero-order chi connectivity index (χ0) is 20.6. The van der Waals surface area contributed by atoms with Crippen molar-refractivity contribution in [2.24, 2.45) is 0 Å². The summed E-state index contributed by atoms with van der Waals surface area (Å²) in [5.74, 6) is -0.0131. The van der Waals surface area contributed by atoms with Gasteiger partial charge in [-0.25, -0.2) is 4.98 Å². The highest BCUT2D eigenvalue weighted by Gasteiger charge is 2.27. The molecule has 0 radical (unpaired) electrons. The van der Waals surface area contributed by atoms with Crippen molar-refractivity contribution in [3.63, 3.8) is 0 Å². The molecule has 2 amide bonds. The molecule has 29 heavy (non-hydrogen) atoms. The highest BCUT2D eigenvalue weighted by atomic mass is 35.5. The number of nitrogens with zero attached hydrogens (tertiary/aromatic N) is 1. The second-order valence-corrected chi connectivity index (χ2v) is 7.58. The van der Waals surface area contributed by atoms with Crippen molar-refractivity contribution in [2.45, 2.75) is 44.3 Å². The molecule has 5 N–H and O–H groups in total. The smallest absolute Gasteiger partial charge is 0.243 e. The molecule has 1 fully saturated rings. The molecule has 1 aromatic heterocycles. The van der Waals surface area contributed by atoms with Crippen LogP contribution in [0, 0.1) is 0 Å². The maximum absolute atomic E-state index is 12.9. The Kier molecular flexibility index (Phi) is 7.43. The van der Waals surface area contributed by atoms with Crippen LogP contribution in [0.5, 0.6) is 0 Å². The van der Waals surface area contributed by atoms with Crippen LogP contribution in [0.25, 0.3) is 0 Å². The van der Waals surface area contributed by atoms with Crippen molar-refractivity contribution in [3.8, 4) is 0 Å². The first kappa shape index (κ1) is 21.1. The zero-order valence-electron chi connectivity index (χ0n) is 16.2. The second kappa shape index (κ2) is 10.2. The standard InChI is InChI=1S/C21H26ClN5O2/c22-16-6-2-1-5-15(16)11-18(27-21(29)17-7-3-4-10-24-17)20(28)26-13-14-8-9-19(23)25-12-14/h1-2,5-6,8-9,12,17-18,24H,3-4,7,10-11,13H2,(H2,23,25)(H,26,28)(H,27,29)/t17-,18+/m1/s1. The van der Waals surface area contributed by atoms with Gasteiger partial charge < -0.3 is 21.7 Å². The highest BCUT2D eigenvalue weighted by Crippen LogP contribution is 2.17. The Morgan fingerprint density at radius 3 is 2.76 bits per heavy atom. The molecule has 2 aromatic rings. The van der Waals surface area contributed by atoms with Crippen LogP contribution in [-0.4, -0.2) is 35.4 Å². The first-order chi connectivity index (χ1) is 14.0. The fourth-order valence-electron chi connectivity index (χ4n) is 3.29. The van der Waals surface area contributed by atoms with Crippen LogP contribution in [0.3, 0.4) is 0 Å². The third kappa shape index (κ3) is 6.17. The number of halogens is 1. The molecule has 7 nitrogen and oxygen atoms in total. The van der Waals surface area contributed by atoms with Gasteiger partial charge in [0.25, 0.3) is 0 Å². The van der Waals surface area contributed by atoms with Crippen LogP contribution in [-0.2, 0) is 22.6 Å². The second-order valence-electron chi connectivity index (χ2n) is 7.17. The van der Waals surface area contributed by atoms with E-state index in [9.17, 15) is 9.59 Å². The summed E-state index contributed by atoms with van der Waals surface area (Å²) in [6, 6.07) is 9.81. The van der Waals surface area contributed by atoms with Crippen molar-refractivity contribution in [3.05, 3.63) is 58.7 Å². The normalized spacial score (nSPS) is 17.3. The molecule has 1 aliphatic heterocycles. The largest absolute Gasteiger partial charge is 0.384 e. The molecular formula is C21H26ClN5O2. The number of pyridine rings is 1. The minimum absolute atomic E-state index is 0.161. The third-order valence-electron chi connectivity index (χ3n) is 4.96. The summed E-state index contributed by atoms with van der Waals surface area (Å²) in [6.07, 6.45) is 4.75. The summed E-state index contributed by atoms with van der Waals surface area (Å²) in [7, 11) is 0. The molecule has 0 saturated carbocycles. The number of anilines is 1. The van der Waals surface area contributed by atoms with E-state index in [1.54, 1.807) is 24.4 Å². The van der Waals surface area contributed by atoms with Gasteiger partial charge in [0.1, 0.15) is 11.9 Å². The van der Waals surface area contributed by atoms with Crippen LogP contribution < -0.4 is 21.7 Å². The number of hydrogen-bond acceptors (Lipinski definition) is 5. The molecule has 0 unspecified atom stereocenters. The van der Waals surface area contributed by atoms with Gasteiger partial charge in [-0.3, -0.25) is 9.59 Å². The lowest BCUT2D eigenvalue weighted by molar-refractivity contribution is -0.130. The van der Waals surface area contributed by atoms with Gasteiger partial charge in [0.05, 0.1) is 6.04 Å². The van der Waals surface area contributed by atoms with Crippen molar-refractivity contribution in [1.82, 2.24) is 20.9 Å². The van der Waals surface area contributed by atoms with Gasteiger partial charge in [0, 0.05) is 24.2 Å². The molecular weight excluding hydrogens is 390 g/mol. The van der Waals surface area contributed by atoms with Crippen LogP contribution >= 0.6 is 11.6 Å². The number of nitrogen functional groups attached to an aromatic ring is 1. The maximum Gasteiger partial charge on any atom is 0.243 e. The number of hydrogen-bond donors (Lipinski definition) is 4. The average molecular weight is 416 g/mol. The van der Waals surface area contributed by atoms with Gasteiger partial charge in [-0.15, -0.1) is 0 Å².